The molecule has 1 aromatic rings. The fourth-order valence-electron chi connectivity index (χ4n) is 2.22. The molecule has 0 aliphatic rings. The fraction of sp³-hybridized carbons (Fsp3) is 0.714. The van der Waals surface area contributed by atoms with Crippen molar-refractivity contribution in [2.45, 2.75) is 33.1 Å². The van der Waals surface area contributed by atoms with Gasteiger partial charge in [-0.2, -0.15) is 0 Å². The molecule has 1 unspecified atom stereocenters. The third-order valence-corrected chi connectivity index (χ3v) is 3.20. The second-order valence-corrected chi connectivity index (χ2v) is 5.49. The van der Waals surface area contributed by atoms with E-state index in [1.54, 1.807) is 6.20 Å². The van der Waals surface area contributed by atoms with Crippen molar-refractivity contribution in [2.75, 3.05) is 13.1 Å². The van der Waals surface area contributed by atoms with Gasteiger partial charge in [-0.25, -0.2) is 4.98 Å². The number of amides is 1. The van der Waals surface area contributed by atoms with Crippen LogP contribution in [-0.4, -0.2) is 28.5 Å². The van der Waals surface area contributed by atoms with Crippen LogP contribution in [0.5, 0.6) is 0 Å². The number of nitrogens with one attached hydrogen (secondary N) is 1. The predicted octanol–water partition coefficient (Wildman–Crippen LogP) is 1.09. The molecule has 3 N–H and O–H groups in total. The van der Waals surface area contributed by atoms with Gasteiger partial charge in [-0.1, -0.05) is 13.8 Å². The molecular formula is C14H26N4O. The van der Waals surface area contributed by atoms with Gasteiger partial charge in [-0.3, -0.25) is 4.79 Å². The number of hydrogen-bond donors (Lipinski definition) is 2. The van der Waals surface area contributed by atoms with Gasteiger partial charge in [0, 0.05) is 38.8 Å². The van der Waals surface area contributed by atoms with Crippen LogP contribution in [0.2, 0.25) is 0 Å². The van der Waals surface area contributed by atoms with Crippen LogP contribution in [0, 0.1) is 11.8 Å². The van der Waals surface area contributed by atoms with E-state index in [2.05, 4.69) is 24.1 Å². The Hall–Kier alpha value is -1.36. The zero-order chi connectivity index (χ0) is 14.3. The molecule has 0 aliphatic heterocycles. The third kappa shape index (κ3) is 5.87. The molecule has 0 spiro atoms. The average Bonchev–Trinajstić information content (AvgIpc) is 2.73. The van der Waals surface area contributed by atoms with Crippen molar-refractivity contribution in [1.29, 1.82) is 0 Å². The first-order valence-electron chi connectivity index (χ1n) is 6.95. The molecule has 1 atom stereocenters. The van der Waals surface area contributed by atoms with E-state index in [0.717, 1.165) is 18.7 Å². The largest absolute Gasteiger partial charge is 0.356 e. The van der Waals surface area contributed by atoms with E-state index in [1.165, 1.54) is 0 Å². The lowest BCUT2D eigenvalue weighted by molar-refractivity contribution is -0.122. The third-order valence-electron chi connectivity index (χ3n) is 3.20. The first-order valence-corrected chi connectivity index (χ1v) is 6.95. The maximum atomic E-state index is 11.8. The highest BCUT2D eigenvalue weighted by atomic mass is 16.1. The van der Waals surface area contributed by atoms with E-state index in [9.17, 15) is 4.79 Å². The lowest BCUT2D eigenvalue weighted by atomic mass is 9.94. The van der Waals surface area contributed by atoms with Crippen molar-refractivity contribution in [3.8, 4) is 0 Å². The zero-order valence-corrected chi connectivity index (χ0v) is 12.2. The van der Waals surface area contributed by atoms with Crippen molar-refractivity contribution in [2.24, 2.45) is 24.6 Å². The van der Waals surface area contributed by atoms with E-state index in [4.69, 9.17) is 5.73 Å². The molecule has 0 aromatic carbocycles. The number of carbonyl (C=O) groups excluding carboxylic acids is 1. The van der Waals surface area contributed by atoms with Crippen molar-refractivity contribution in [3.63, 3.8) is 0 Å². The lowest BCUT2D eigenvalue weighted by Crippen LogP contribution is -2.30. The standard InChI is InChI=1S/C14H26N4O/c1-11(2)8-12(10-15)9-14(19)17-5-4-13-16-6-7-18(13)3/h6-7,11-12H,4-5,8-10,15H2,1-3H3,(H,17,19). The first-order chi connectivity index (χ1) is 9.02. The number of aryl methyl sites for hydroxylation is 1. The second-order valence-electron chi connectivity index (χ2n) is 5.49. The van der Waals surface area contributed by atoms with E-state index in [-0.39, 0.29) is 11.8 Å². The quantitative estimate of drug-likeness (QED) is 0.740. The molecule has 0 bridgehead atoms. The molecule has 1 aromatic heterocycles. The average molecular weight is 266 g/mol. The highest BCUT2D eigenvalue weighted by Crippen LogP contribution is 2.13. The maximum absolute atomic E-state index is 11.8. The second kappa shape index (κ2) is 7.94. The van der Waals surface area contributed by atoms with Crippen LogP contribution in [0.3, 0.4) is 0 Å². The number of nitrogens with two attached hydrogens (primary N) is 1. The molecule has 0 saturated carbocycles. The summed E-state index contributed by atoms with van der Waals surface area (Å²) in [5.41, 5.74) is 5.70. The molecule has 108 valence electrons. The van der Waals surface area contributed by atoms with Crippen molar-refractivity contribution >= 4 is 5.91 Å². The van der Waals surface area contributed by atoms with Crippen molar-refractivity contribution in [1.82, 2.24) is 14.9 Å². The van der Waals surface area contributed by atoms with Crippen LogP contribution in [0.1, 0.15) is 32.5 Å². The van der Waals surface area contributed by atoms with Gasteiger partial charge < -0.3 is 15.6 Å². The van der Waals surface area contributed by atoms with Crippen LogP contribution in [0.4, 0.5) is 0 Å². The molecule has 0 fully saturated rings. The van der Waals surface area contributed by atoms with Gasteiger partial charge in [0.1, 0.15) is 5.82 Å². The summed E-state index contributed by atoms with van der Waals surface area (Å²) >= 11 is 0. The highest BCUT2D eigenvalue weighted by molar-refractivity contribution is 5.76. The van der Waals surface area contributed by atoms with Crippen molar-refractivity contribution < 1.29 is 4.79 Å². The Labute approximate surface area is 115 Å². The smallest absolute Gasteiger partial charge is 0.220 e. The number of imidazole rings is 1. The Bertz CT molecular complexity index is 387. The van der Waals surface area contributed by atoms with Crippen molar-refractivity contribution in [3.05, 3.63) is 18.2 Å². The normalized spacial score (nSPS) is 12.7. The van der Waals surface area contributed by atoms with Gasteiger partial charge in [-0.05, 0) is 24.8 Å². The topological polar surface area (TPSA) is 72.9 Å². The minimum Gasteiger partial charge on any atom is -0.356 e. The monoisotopic (exact) mass is 266 g/mol. The minimum absolute atomic E-state index is 0.0882. The van der Waals surface area contributed by atoms with E-state index in [0.29, 0.717) is 25.4 Å². The summed E-state index contributed by atoms with van der Waals surface area (Å²) < 4.78 is 1.97. The Morgan fingerprint density at radius 2 is 2.26 bits per heavy atom. The molecule has 1 heterocycles. The number of carbonyl (C=O) groups is 1. The van der Waals surface area contributed by atoms with Gasteiger partial charge in [0.05, 0.1) is 0 Å². The van der Waals surface area contributed by atoms with E-state index >= 15 is 0 Å². The molecule has 1 rings (SSSR count). The Morgan fingerprint density at radius 1 is 1.53 bits per heavy atom. The SMILES string of the molecule is CC(C)CC(CN)CC(=O)NCCc1nccn1C. The van der Waals surface area contributed by atoms with Gasteiger partial charge in [-0.15, -0.1) is 0 Å². The molecule has 0 saturated heterocycles. The number of aromatic nitrogens is 2. The number of rotatable bonds is 8. The van der Waals surface area contributed by atoms with E-state index in [1.807, 2.05) is 17.8 Å². The lowest BCUT2D eigenvalue weighted by Gasteiger charge is -2.16. The number of nitrogens with zero attached hydrogens (tertiary/aromatic N) is 2. The summed E-state index contributed by atoms with van der Waals surface area (Å²) in [6, 6.07) is 0. The Balaban J connectivity index is 2.25. The summed E-state index contributed by atoms with van der Waals surface area (Å²) in [6.45, 7) is 5.51. The molecule has 0 aliphatic carbocycles. The van der Waals surface area contributed by atoms with Gasteiger partial charge in [0.25, 0.3) is 0 Å². The first kappa shape index (κ1) is 15.7. The predicted molar refractivity (Wildman–Crippen MR) is 76.5 cm³/mol. The Kier molecular flexibility index (Phi) is 6.56. The Morgan fingerprint density at radius 3 is 2.79 bits per heavy atom. The van der Waals surface area contributed by atoms with Crippen LogP contribution in [-0.2, 0) is 18.3 Å². The summed E-state index contributed by atoms with van der Waals surface area (Å²) in [7, 11) is 1.96. The summed E-state index contributed by atoms with van der Waals surface area (Å²) in [6.07, 6.45) is 5.96. The molecule has 5 heteroatoms. The molecule has 0 radical (unpaired) electrons. The summed E-state index contributed by atoms with van der Waals surface area (Å²) in [5.74, 6) is 1.94. The molecule has 1 amide bonds. The maximum Gasteiger partial charge on any atom is 0.220 e. The van der Waals surface area contributed by atoms with Crippen LogP contribution in [0.15, 0.2) is 12.4 Å². The van der Waals surface area contributed by atoms with Gasteiger partial charge >= 0.3 is 0 Å². The molecule has 5 nitrogen and oxygen atoms in total. The number of hydrogen-bond acceptors (Lipinski definition) is 3. The van der Waals surface area contributed by atoms with Crippen LogP contribution < -0.4 is 11.1 Å². The van der Waals surface area contributed by atoms with Gasteiger partial charge in [0.15, 0.2) is 0 Å². The fourth-order valence-corrected chi connectivity index (χ4v) is 2.22. The molecular weight excluding hydrogens is 240 g/mol. The van der Waals surface area contributed by atoms with Crippen LogP contribution in [0.25, 0.3) is 0 Å². The van der Waals surface area contributed by atoms with E-state index < -0.39 is 0 Å². The minimum atomic E-state index is 0.0882. The summed E-state index contributed by atoms with van der Waals surface area (Å²) in [5, 5.41) is 2.94. The molecule has 19 heavy (non-hydrogen) atoms. The van der Waals surface area contributed by atoms with Crippen LogP contribution >= 0.6 is 0 Å². The highest BCUT2D eigenvalue weighted by Gasteiger charge is 2.13. The zero-order valence-electron chi connectivity index (χ0n) is 12.2. The summed E-state index contributed by atoms with van der Waals surface area (Å²) in [4.78, 5) is 16.0. The van der Waals surface area contributed by atoms with Gasteiger partial charge in [0.2, 0.25) is 5.91 Å².